The Labute approximate surface area is 180 Å². The Balaban J connectivity index is 1.56. The summed E-state index contributed by atoms with van der Waals surface area (Å²) in [6.07, 6.45) is 2.17. The lowest BCUT2D eigenvalue weighted by atomic mass is 10.1. The van der Waals surface area contributed by atoms with E-state index in [0.717, 1.165) is 37.2 Å². The van der Waals surface area contributed by atoms with Crippen molar-refractivity contribution in [3.8, 4) is 0 Å². The normalized spacial score (nSPS) is 13.1. The number of amides is 2. The molecule has 1 aliphatic heterocycles. The molecule has 0 aliphatic carbocycles. The van der Waals surface area contributed by atoms with Gasteiger partial charge in [-0.15, -0.1) is 0 Å². The molecule has 1 aliphatic rings. The predicted molar refractivity (Wildman–Crippen MR) is 120 cm³/mol. The smallest absolute Gasteiger partial charge is 0.255 e. The highest BCUT2D eigenvalue weighted by Crippen LogP contribution is 2.28. The molecule has 31 heavy (non-hydrogen) atoms. The van der Waals surface area contributed by atoms with Crippen LogP contribution in [-0.4, -0.2) is 24.9 Å². The van der Waals surface area contributed by atoms with E-state index in [2.05, 4.69) is 15.5 Å². The molecule has 2 N–H and O–H groups in total. The molecule has 0 spiro atoms. The van der Waals surface area contributed by atoms with E-state index >= 15 is 0 Å². The maximum absolute atomic E-state index is 13.4. The number of hydrogen-bond acceptors (Lipinski definition) is 3. The molecule has 1 saturated heterocycles. The van der Waals surface area contributed by atoms with Crippen molar-refractivity contribution in [3.05, 3.63) is 95.3 Å². The molecule has 3 aromatic rings. The summed E-state index contributed by atoms with van der Waals surface area (Å²) in [6.45, 7) is 2.21. The van der Waals surface area contributed by atoms with Gasteiger partial charge in [0.05, 0.1) is 5.56 Å². The number of benzene rings is 3. The molecular formula is C25H24FN3O2. The highest BCUT2D eigenvalue weighted by Gasteiger charge is 2.20. The van der Waals surface area contributed by atoms with Gasteiger partial charge in [0, 0.05) is 36.6 Å². The monoisotopic (exact) mass is 417 g/mol. The first kappa shape index (κ1) is 20.6. The number of nitrogens with zero attached hydrogens (tertiary/aromatic N) is 1. The zero-order valence-corrected chi connectivity index (χ0v) is 17.1. The van der Waals surface area contributed by atoms with E-state index in [1.807, 2.05) is 36.4 Å². The molecule has 158 valence electrons. The van der Waals surface area contributed by atoms with Gasteiger partial charge in [0.15, 0.2) is 0 Å². The Morgan fingerprint density at radius 1 is 0.871 bits per heavy atom. The fourth-order valence-corrected chi connectivity index (χ4v) is 3.74. The van der Waals surface area contributed by atoms with E-state index in [1.54, 1.807) is 18.2 Å². The van der Waals surface area contributed by atoms with Crippen LogP contribution in [0.1, 0.15) is 39.1 Å². The van der Waals surface area contributed by atoms with Gasteiger partial charge in [-0.25, -0.2) is 4.39 Å². The second-order valence-electron chi connectivity index (χ2n) is 7.56. The summed E-state index contributed by atoms with van der Waals surface area (Å²) in [4.78, 5) is 27.7. The number of hydrogen-bond donors (Lipinski definition) is 2. The molecule has 0 saturated carbocycles. The molecule has 0 atom stereocenters. The van der Waals surface area contributed by atoms with Gasteiger partial charge in [-0.2, -0.15) is 0 Å². The minimum atomic E-state index is -0.474. The second-order valence-corrected chi connectivity index (χ2v) is 7.56. The predicted octanol–water partition coefficient (Wildman–Crippen LogP) is 4.61. The van der Waals surface area contributed by atoms with Crippen LogP contribution < -0.4 is 15.5 Å². The van der Waals surface area contributed by atoms with Gasteiger partial charge in [0.2, 0.25) is 0 Å². The van der Waals surface area contributed by atoms with Crippen LogP contribution in [0.15, 0.2) is 72.8 Å². The van der Waals surface area contributed by atoms with Crippen molar-refractivity contribution in [2.75, 3.05) is 23.3 Å². The summed E-state index contributed by atoms with van der Waals surface area (Å²) in [7, 11) is 0. The standard InChI is InChI=1S/C25H24FN3O2/c26-20-10-6-9-19(15-20)24(30)28-21-11-12-23(29-13-4-5-14-29)22(16-21)25(31)27-17-18-7-2-1-3-8-18/h1-3,6-12,15-16H,4-5,13-14,17H2,(H,27,31)(H,28,30). The lowest BCUT2D eigenvalue weighted by molar-refractivity contribution is 0.0950. The number of nitrogens with one attached hydrogen (secondary N) is 2. The van der Waals surface area contributed by atoms with Crippen molar-refractivity contribution in [1.29, 1.82) is 0 Å². The molecule has 3 aromatic carbocycles. The maximum Gasteiger partial charge on any atom is 0.255 e. The Morgan fingerprint density at radius 3 is 2.39 bits per heavy atom. The van der Waals surface area contributed by atoms with Crippen molar-refractivity contribution < 1.29 is 14.0 Å². The highest BCUT2D eigenvalue weighted by molar-refractivity contribution is 6.06. The Bertz CT molecular complexity index is 1080. The topological polar surface area (TPSA) is 61.4 Å². The van der Waals surface area contributed by atoms with E-state index in [-0.39, 0.29) is 11.5 Å². The van der Waals surface area contributed by atoms with Crippen LogP contribution in [0, 0.1) is 5.82 Å². The average Bonchev–Trinajstić information content (AvgIpc) is 3.33. The molecule has 0 unspecified atom stereocenters. The van der Waals surface area contributed by atoms with Crippen LogP contribution in [0.5, 0.6) is 0 Å². The first-order valence-electron chi connectivity index (χ1n) is 10.4. The molecule has 0 radical (unpaired) electrons. The molecule has 5 nitrogen and oxygen atoms in total. The molecule has 0 aromatic heterocycles. The first-order chi connectivity index (χ1) is 15.1. The van der Waals surface area contributed by atoms with E-state index < -0.39 is 11.7 Å². The van der Waals surface area contributed by atoms with Gasteiger partial charge in [0.1, 0.15) is 5.82 Å². The Hall–Kier alpha value is -3.67. The number of halogens is 1. The number of rotatable bonds is 6. The van der Waals surface area contributed by atoms with Crippen LogP contribution >= 0.6 is 0 Å². The lowest BCUT2D eigenvalue weighted by Gasteiger charge is -2.22. The van der Waals surface area contributed by atoms with Crippen molar-refractivity contribution >= 4 is 23.2 Å². The number of carbonyl (C=O) groups excluding carboxylic acids is 2. The van der Waals surface area contributed by atoms with Gasteiger partial charge in [-0.1, -0.05) is 36.4 Å². The third kappa shape index (κ3) is 5.09. The maximum atomic E-state index is 13.4. The van der Waals surface area contributed by atoms with E-state index in [0.29, 0.717) is 17.8 Å². The van der Waals surface area contributed by atoms with Crippen molar-refractivity contribution in [2.24, 2.45) is 0 Å². The zero-order chi connectivity index (χ0) is 21.6. The highest BCUT2D eigenvalue weighted by atomic mass is 19.1. The van der Waals surface area contributed by atoms with Crippen LogP contribution in [0.25, 0.3) is 0 Å². The minimum absolute atomic E-state index is 0.201. The number of carbonyl (C=O) groups is 2. The lowest BCUT2D eigenvalue weighted by Crippen LogP contribution is -2.27. The largest absolute Gasteiger partial charge is 0.371 e. The summed E-state index contributed by atoms with van der Waals surface area (Å²) < 4.78 is 13.4. The molecule has 4 rings (SSSR count). The minimum Gasteiger partial charge on any atom is -0.371 e. The van der Waals surface area contributed by atoms with Crippen LogP contribution in [0.3, 0.4) is 0 Å². The molecule has 0 bridgehead atoms. The van der Waals surface area contributed by atoms with E-state index in [4.69, 9.17) is 0 Å². The summed E-state index contributed by atoms with van der Waals surface area (Å²) in [6, 6.07) is 20.5. The summed E-state index contributed by atoms with van der Waals surface area (Å²) in [5.41, 5.74) is 3.08. The SMILES string of the molecule is O=C(Nc1ccc(N2CCCC2)c(C(=O)NCc2ccccc2)c1)c1cccc(F)c1. The molecule has 1 heterocycles. The average molecular weight is 417 g/mol. The Kier molecular flexibility index (Phi) is 6.26. The molecule has 6 heteroatoms. The van der Waals surface area contributed by atoms with E-state index in [1.165, 1.54) is 18.2 Å². The fourth-order valence-electron chi connectivity index (χ4n) is 3.74. The zero-order valence-electron chi connectivity index (χ0n) is 17.1. The number of anilines is 2. The second kappa shape index (κ2) is 9.43. The van der Waals surface area contributed by atoms with Crippen LogP contribution in [0.2, 0.25) is 0 Å². The van der Waals surface area contributed by atoms with Gasteiger partial charge in [0.25, 0.3) is 11.8 Å². The third-order valence-electron chi connectivity index (χ3n) is 5.33. The molecular weight excluding hydrogens is 393 g/mol. The summed E-state index contributed by atoms with van der Waals surface area (Å²) in [5.74, 6) is -1.10. The van der Waals surface area contributed by atoms with Gasteiger partial charge in [-0.05, 0) is 54.8 Å². The van der Waals surface area contributed by atoms with Crippen molar-refractivity contribution in [2.45, 2.75) is 19.4 Å². The fraction of sp³-hybridized carbons (Fsp3) is 0.200. The van der Waals surface area contributed by atoms with Crippen LogP contribution in [0.4, 0.5) is 15.8 Å². The quantitative estimate of drug-likeness (QED) is 0.616. The van der Waals surface area contributed by atoms with Gasteiger partial charge in [-0.3, -0.25) is 9.59 Å². The van der Waals surface area contributed by atoms with E-state index in [9.17, 15) is 14.0 Å². The summed E-state index contributed by atoms with van der Waals surface area (Å²) >= 11 is 0. The summed E-state index contributed by atoms with van der Waals surface area (Å²) in [5, 5.41) is 5.74. The Morgan fingerprint density at radius 2 is 1.65 bits per heavy atom. The molecule has 2 amide bonds. The first-order valence-corrected chi connectivity index (χ1v) is 10.4. The van der Waals surface area contributed by atoms with Gasteiger partial charge >= 0.3 is 0 Å². The third-order valence-corrected chi connectivity index (χ3v) is 5.33. The van der Waals surface area contributed by atoms with Crippen LogP contribution in [-0.2, 0) is 6.54 Å². The van der Waals surface area contributed by atoms with Gasteiger partial charge < -0.3 is 15.5 Å². The van der Waals surface area contributed by atoms with Crippen molar-refractivity contribution in [3.63, 3.8) is 0 Å². The van der Waals surface area contributed by atoms with Crippen molar-refractivity contribution in [1.82, 2.24) is 5.32 Å². The molecule has 1 fully saturated rings.